The van der Waals surface area contributed by atoms with Gasteiger partial charge in [-0.05, 0) is 100 Å². The van der Waals surface area contributed by atoms with Crippen molar-refractivity contribution in [2.24, 2.45) is 0 Å². The SMILES string of the molecule is c1ccc(N(c2ccc(-c3ccc4ccccc4c3)cc2)c2ccc(-c3nc4ccc5ccccc5c4n3-c3ccccc3)cc2)cc1. The summed E-state index contributed by atoms with van der Waals surface area (Å²) in [6.45, 7) is 0. The minimum Gasteiger partial charge on any atom is -0.311 e. The minimum atomic E-state index is 0.921. The van der Waals surface area contributed by atoms with Crippen LogP contribution in [0.5, 0.6) is 0 Å². The Labute approximate surface area is 279 Å². The molecule has 9 aromatic rings. The highest BCUT2D eigenvalue weighted by Crippen LogP contribution is 2.38. The fourth-order valence-electron chi connectivity index (χ4n) is 6.82. The van der Waals surface area contributed by atoms with E-state index in [4.69, 9.17) is 4.98 Å². The molecule has 48 heavy (non-hydrogen) atoms. The molecular weight excluding hydrogens is 583 g/mol. The van der Waals surface area contributed by atoms with E-state index in [1.54, 1.807) is 0 Å². The summed E-state index contributed by atoms with van der Waals surface area (Å²) < 4.78 is 2.30. The fraction of sp³-hybridized carbons (Fsp3) is 0. The van der Waals surface area contributed by atoms with E-state index in [0.717, 1.165) is 45.2 Å². The maximum atomic E-state index is 5.21. The molecule has 0 fully saturated rings. The Balaban J connectivity index is 1.13. The first-order valence-electron chi connectivity index (χ1n) is 16.3. The highest BCUT2D eigenvalue weighted by molar-refractivity contribution is 6.06. The third-order valence-corrected chi connectivity index (χ3v) is 9.16. The zero-order chi connectivity index (χ0) is 31.9. The number of rotatable bonds is 6. The van der Waals surface area contributed by atoms with Gasteiger partial charge in [0.1, 0.15) is 5.82 Å². The Morgan fingerprint density at radius 1 is 0.396 bits per heavy atom. The third-order valence-electron chi connectivity index (χ3n) is 9.16. The fourth-order valence-corrected chi connectivity index (χ4v) is 6.82. The van der Waals surface area contributed by atoms with E-state index in [9.17, 15) is 0 Å². The van der Waals surface area contributed by atoms with Gasteiger partial charge in [-0.3, -0.25) is 4.57 Å². The van der Waals surface area contributed by atoms with Crippen molar-refractivity contribution in [2.45, 2.75) is 0 Å². The summed E-state index contributed by atoms with van der Waals surface area (Å²) in [6, 6.07) is 66.8. The van der Waals surface area contributed by atoms with Gasteiger partial charge in [0.2, 0.25) is 0 Å². The van der Waals surface area contributed by atoms with E-state index >= 15 is 0 Å². The molecule has 0 saturated carbocycles. The normalized spacial score (nSPS) is 11.3. The van der Waals surface area contributed by atoms with Gasteiger partial charge in [-0.1, -0.05) is 115 Å². The van der Waals surface area contributed by atoms with Gasteiger partial charge in [-0.25, -0.2) is 4.98 Å². The van der Waals surface area contributed by atoms with Crippen LogP contribution in [0.4, 0.5) is 17.1 Å². The molecule has 8 aromatic carbocycles. The topological polar surface area (TPSA) is 21.1 Å². The molecule has 0 aliphatic heterocycles. The van der Waals surface area contributed by atoms with E-state index in [1.165, 1.54) is 32.7 Å². The second-order valence-electron chi connectivity index (χ2n) is 12.1. The lowest BCUT2D eigenvalue weighted by Gasteiger charge is -2.26. The van der Waals surface area contributed by atoms with Crippen LogP contribution in [0.1, 0.15) is 0 Å². The predicted molar refractivity (Wildman–Crippen MR) is 202 cm³/mol. The number of aromatic nitrogens is 2. The van der Waals surface area contributed by atoms with E-state index in [1.807, 2.05) is 0 Å². The molecule has 3 heteroatoms. The van der Waals surface area contributed by atoms with Crippen molar-refractivity contribution >= 4 is 49.6 Å². The van der Waals surface area contributed by atoms with Crippen LogP contribution in [0.3, 0.4) is 0 Å². The largest absolute Gasteiger partial charge is 0.311 e. The second kappa shape index (κ2) is 11.7. The first-order chi connectivity index (χ1) is 23.8. The van der Waals surface area contributed by atoms with Gasteiger partial charge in [0.25, 0.3) is 0 Å². The standard InChI is InChI=1S/C45H31N3/c1-3-14-38(15-4-1)47(40-26-21-33(22-27-40)37-20-19-32-11-7-8-13-36(32)31-37)41-28-23-35(24-29-41)45-46-43-30-25-34-12-9-10-18-42(34)44(43)48(45)39-16-5-2-6-17-39/h1-31H. The Kier molecular flexibility index (Phi) is 6.80. The highest BCUT2D eigenvalue weighted by Gasteiger charge is 2.18. The lowest BCUT2D eigenvalue weighted by molar-refractivity contribution is 1.11. The van der Waals surface area contributed by atoms with Gasteiger partial charge < -0.3 is 4.90 Å². The minimum absolute atomic E-state index is 0.921. The molecule has 1 heterocycles. The summed E-state index contributed by atoms with van der Waals surface area (Å²) in [4.78, 5) is 7.51. The molecule has 0 atom stereocenters. The molecule has 0 bridgehead atoms. The Morgan fingerprint density at radius 2 is 0.938 bits per heavy atom. The van der Waals surface area contributed by atoms with E-state index in [0.29, 0.717) is 0 Å². The van der Waals surface area contributed by atoms with Crippen LogP contribution >= 0.6 is 0 Å². The second-order valence-corrected chi connectivity index (χ2v) is 12.1. The number of anilines is 3. The number of hydrogen-bond donors (Lipinski definition) is 0. The maximum absolute atomic E-state index is 5.21. The zero-order valence-corrected chi connectivity index (χ0v) is 26.2. The van der Waals surface area contributed by atoms with Crippen molar-refractivity contribution < 1.29 is 0 Å². The average Bonchev–Trinajstić information content (AvgIpc) is 3.57. The molecular formula is C45H31N3. The first-order valence-corrected chi connectivity index (χ1v) is 16.3. The number of imidazole rings is 1. The lowest BCUT2D eigenvalue weighted by Crippen LogP contribution is -2.09. The maximum Gasteiger partial charge on any atom is 0.145 e. The molecule has 3 nitrogen and oxygen atoms in total. The summed E-state index contributed by atoms with van der Waals surface area (Å²) in [5.74, 6) is 0.921. The first kappa shape index (κ1) is 27.8. The number of benzene rings is 8. The summed E-state index contributed by atoms with van der Waals surface area (Å²) in [7, 11) is 0. The lowest BCUT2D eigenvalue weighted by atomic mass is 10.0. The van der Waals surface area contributed by atoms with Gasteiger partial charge in [0.05, 0.1) is 11.0 Å². The molecule has 0 amide bonds. The summed E-state index contributed by atoms with van der Waals surface area (Å²) >= 11 is 0. The molecule has 0 saturated heterocycles. The van der Waals surface area contributed by atoms with Gasteiger partial charge >= 0.3 is 0 Å². The van der Waals surface area contributed by atoms with Crippen LogP contribution in [-0.2, 0) is 0 Å². The molecule has 1 aromatic heterocycles. The Morgan fingerprint density at radius 3 is 1.67 bits per heavy atom. The van der Waals surface area contributed by atoms with Crippen molar-refractivity contribution in [1.82, 2.24) is 9.55 Å². The predicted octanol–water partition coefficient (Wildman–Crippen LogP) is 12.1. The molecule has 0 unspecified atom stereocenters. The number of para-hydroxylation sites is 2. The van der Waals surface area contributed by atoms with Crippen LogP contribution in [0, 0.1) is 0 Å². The third kappa shape index (κ3) is 4.90. The van der Waals surface area contributed by atoms with E-state index in [2.05, 4.69) is 198 Å². The van der Waals surface area contributed by atoms with Gasteiger partial charge in [-0.15, -0.1) is 0 Å². The highest BCUT2D eigenvalue weighted by atomic mass is 15.1. The average molecular weight is 614 g/mol. The molecule has 0 N–H and O–H groups in total. The molecule has 0 radical (unpaired) electrons. The molecule has 9 rings (SSSR count). The van der Waals surface area contributed by atoms with Gasteiger partial charge in [0.15, 0.2) is 0 Å². The number of fused-ring (bicyclic) bond motifs is 4. The monoisotopic (exact) mass is 613 g/mol. The van der Waals surface area contributed by atoms with Crippen LogP contribution in [0.2, 0.25) is 0 Å². The zero-order valence-electron chi connectivity index (χ0n) is 26.2. The Hall–Kier alpha value is -6.45. The number of nitrogens with zero attached hydrogens (tertiary/aromatic N) is 3. The molecule has 0 aliphatic carbocycles. The van der Waals surface area contributed by atoms with E-state index in [-0.39, 0.29) is 0 Å². The molecule has 0 aliphatic rings. The van der Waals surface area contributed by atoms with Crippen LogP contribution in [-0.4, -0.2) is 9.55 Å². The van der Waals surface area contributed by atoms with Crippen molar-refractivity contribution in [1.29, 1.82) is 0 Å². The van der Waals surface area contributed by atoms with Crippen LogP contribution in [0.15, 0.2) is 188 Å². The smallest absolute Gasteiger partial charge is 0.145 e. The van der Waals surface area contributed by atoms with Gasteiger partial charge in [-0.2, -0.15) is 0 Å². The molecule has 226 valence electrons. The van der Waals surface area contributed by atoms with Crippen molar-refractivity contribution in [2.75, 3.05) is 4.90 Å². The van der Waals surface area contributed by atoms with E-state index < -0.39 is 0 Å². The quantitative estimate of drug-likeness (QED) is 0.186. The van der Waals surface area contributed by atoms with Crippen molar-refractivity contribution in [3.63, 3.8) is 0 Å². The van der Waals surface area contributed by atoms with Crippen LogP contribution < -0.4 is 4.90 Å². The Bertz CT molecular complexity index is 2530. The summed E-state index contributed by atoms with van der Waals surface area (Å²) in [5, 5.41) is 4.90. The number of hydrogen-bond acceptors (Lipinski definition) is 2. The van der Waals surface area contributed by atoms with Crippen molar-refractivity contribution in [3.05, 3.63) is 188 Å². The summed E-state index contributed by atoms with van der Waals surface area (Å²) in [6.07, 6.45) is 0. The van der Waals surface area contributed by atoms with Crippen molar-refractivity contribution in [3.8, 4) is 28.2 Å². The summed E-state index contributed by atoms with van der Waals surface area (Å²) in [5.41, 5.74) is 9.94. The molecule has 0 spiro atoms. The van der Waals surface area contributed by atoms with Gasteiger partial charge in [0, 0.05) is 33.7 Å². The van der Waals surface area contributed by atoms with Crippen LogP contribution in [0.25, 0.3) is 60.8 Å².